The number of carbonyl (C=O) groups excluding carboxylic acids is 1. The molecule has 1 aliphatic rings. The predicted molar refractivity (Wildman–Crippen MR) is 48.0 cm³/mol. The van der Waals surface area contributed by atoms with Gasteiger partial charge in [0.25, 0.3) is 0 Å². The highest BCUT2D eigenvalue weighted by Crippen LogP contribution is 2.30. The molecule has 14 heavy (non-hydrogen) atoms. The molecule has 0 saturated heterocycles. The van der Waals surface area contributed by atoms with E-state index in [4.69, 9.17) is 5.11 Å². The number of nitrogens with zero attached hydrogens (tertiary/aromatic N) is 1. The third-order valence-corrected chi connectivity index (χ3v) is 2.10. The van der Waals surface area contributed by atoms with E-state index in [0.29, 0.717) is 17.1 Å². The molecule has 1 amide bonds. The Kier molecular flexibility index (Phi) is 1.73. The van der Waals surface area contributed by atoms with E-state index in [1.54, 1.807) is 19.1 Å². The molecule has 1 aromatic heterocycles. The van der Waals surface area contributed by atoms with Crippen LogP contribution in [0.25, 0.3) is 0 Å². The number of rotatable bonds is 1. The molecule has 2 rings (SSSR count). The molecule has 1 aliphatic heterocycles. The number of amides is 1. The number of pyridine rings is 1. The van der Waals surface area contributed by atoms with E-state index in [2.05, 4.69) is 10.3 Å². The summed E-state index contributed by atoms with van der Waals surface area (Å²) in [7, 11) is 0. The van der Waals surface area contributed by atoms with E-state index in [1.165, 1.54) is 0 Å². The summed E-state index contributed by atoms with van der Waals surface area (Å²) in [6, 6.07) is 3.39. The highest BCUT2D eigenvalue weighted by Gasteiger charge is 2.37. The van der Waals surface area contributed by atoms with Gasteiger partial charge < -0.3 is 10.4 Å². The van der Waals surface area contributed by atoms with Crippen LogP contribution in [0.1, 0.15) is 17.3 Å². The molecule has 0 aliphatic carbocycles. The fraction of sp³-hybridized carbons (Fsp3) is 0.222. The molecule has 0 fully saturated rings. The Morgan fingerprint density at radius 1 is 1.57 bits per heavy atom. The number of fused-ring (bicyclic) bond motifs is 1. The van der Waals surface area contributed by atoms with Gasteiger partial charge in [0.05, 0.1) is 11.4 Å². The fourth-order valence-corrected chi connectivity index (χ4v) is 1.46. The number of carbonyl (C=O) groups is 2. The topological polar surface area (TPSA) is 79.3 Å². The molecule has 5 nitrogen and oxygen atoms in total. The summed E-state index contributed by atoms with van der Waals surface area (Å²) in [4.78, 5) is 26.1. The first-order valence-corrected chi connectivity index (χ1v) is 4.11. The van der Waals surface area contributed by atoms with Crippen LogP contribution in [0.5, 0.6) is 0 Å². The van der Waals surface area contributed by atoms with Crippen molar-refractivity contribution in [2.75, 3.05) is 5.32 Å². The Morgan fingerprint density at radius 2 is 2.29 bits per heavy atom. The smallest absolute Gasteiger partial charge is 0.322 e. The van der Waals surface area contributed by atoms with Gasteiger partial charge in [-0.2, -0.15) is 0 Å². The quantitative estimate of drug-likeness (QED) is 0.635. The minimum atomic E-state index is -1.17. The second-order valence-corrected chi connectivity index (χ2v) is 3.15. The van der Waals surface area contributed by atoms with Gasteiger partial charge in [-0.3, -0.25) is 14.6 Å². The molecule has 0 radical (unpaired) electrons. The average Bonchev–Trinajstić information content (AvgIpc) is 2.40. The van der Waals surface area contributed by atoms with E-state index >= 15 is 0 Å². The Bertz CT molecular complexity index is 428. The van der Waals surface area contributed by atoms with Crippen molar-refractivity contribution in [1.82, 2.24) is 4.98 Å². The molecule has 0 aromatic carbocycles. The zero-order valence-corrected chi connectivity index (χ0v) is 7.44. The van der Waals surface area contributed by atoms with Crippen LogP contribution in [-0.4, -0.2) is 22.0 Å². The fourth-order valence-electron chi connectivity index (χ4n) is 1.46. The van der Waals surface area contributed by atoms with Gasteiger partial charge in [0.15, 0.2) is 5.92 Å². The normalized spacial score (nSPS) is 18.9. The van der Waals surface area contributed by atoms with Gasteiger partial charge in [-0.25, -0.2) is 0 Å². The van der Waals surface area contributed by atoms with Gasteiger partial charge in [-0.05, 0) is 19.1 Å². The maximum atomic E-state index is 11.3. The van der Waals surface area contributed by atoms with Crippen LogP contribution in [0.3, 0.4) is 0 Å². The zero-order chi connectivity index (χ0) is 10.3. The van der Waals surface area contributed by atoms with Crippen LogP contribution in [0.4, 0.5) is 5.69 Å². The van der Waals surface area contributed by atoms with E-state index in [1.807, 2.05) is 0 Å². The van der Waals surface area contributed by atoms with E-state index < -0.39 is 17.8 Å². The third-order valence-electron chi connectivity index (χ3n) is 2.10. The van der Waals surface area contributed by atoms with Gasteiger partial charge in [0, 0.05) is 5.69 Å². The number of hydrogen-bond acceptors (Lipinski definition) is 3. The number of aryl methyl sites for hydroxylation is 1. The molecule has 0 spiro atoms. The van der Waals surface area contributed by atoms with Crippen LogP contribution in [-0.2, 0) is 9.59 Å². The number of aliphatic carboxylic acids is 1. The number of nitrogens with one attached hydrogen (secondary N) is 1. The molecular weight excluding hydrogens is 184 g/mol. The molecule has 72 valence electrons. The molecule has 5 heteroatoms. The van der Waals surface area contributed by atoms with E-state index in [9.17, 15) is 9.59 Å². The number of carboxylic acids is 1. The molecule has 2 heterocycles. The van der Waals surface area contributed by atoms with Crippen molar-refractivity contribution in [3.05, 3.63) is 23.5 Å². The molecule has 1 aromatic rings. The summed E-state index contributed by atoms with van der Waals surface area (Å²) in [6.45, 7) is 1.75. The van der Waals surface area contributed by atoms with Gasteiger partial charge in [-0.15, -0.1) is 0 Å². The maximum Gasteiger partial charge on any atom is 0.322 e. The SMILES string of the molecule is Cc1ccc2c(n1)[C@@H](C(=O)O)C(=O)N2. The van der Waals surface area contributed by atoms with Crippen molar-refractivity contribution in [3.8, 4) is 0 Å². The van der Waals surface area contributed by atoms with Crippen LogP contribution in [0.15, 0.2) is 12.1 Å². The van der Waals surface area contributed by atoms with Gasteiger partial charge in [-0.1, -0.05) is 0 Å². The van der Waals surface area contributed by atoms with Gasteiger partial charge in [0.2, 0.25) is 5.91 Å². The van der Waals surface area contributed by atoms with Crippen molar-refractivity contribution in [2.24, 2.45) is 0 Å². The predicted octanol–water partition coefficient (Wildman–Crippen LogP) is 0.510. The summed E-state index contributed by atoms with van der Waals surface area (Å²) in [5.41, 5.74) is 1.50. The summed E-state index contributed by atoms with van der Waals surface area (Å²) in [6.07, 6.45) is 0. The first-order valence-electron chi connectivity index (χ1n) is 4.11. The van der Waals surface area contributed by atoms with Crippen LogP contribution < -0.4 is 5.32 Å². The van der Waals surface area contributed by atoms with E-state index in [-0.39, 0.29) is 0 Å². The largest absolute Gasteiger partial charge is 0.480 e. The van der Waals surface area contributed by atoms with Crippen molar-refractivity contribution in [3.63, 3.8) is 0 Å². The number of carboxylic acid groups (broad SMARTS) is 1. The number of anilines is 1. The van der Waals surface area contributed by atoms with Gasteiger partial charge in [0.1, 0.15) is 0 Å². The van der Waals surface area contributed by atoms with Crippen LogP contribution in [0, 0.1) is 6.92 Å². The first kappa shape index (κ1) is 8.68. The summed E-state index contributed by atoms with van der Waals surface area (Å²) in [5, 5.41) is 11.3. The lowest BCUT2D eigenvalue weighted by atomic mass is 10.1. The summed E-state index contributed by atoms with van der Waals surface area (Å²) >= 11 is 0. The number of hydrogen-bond donors (Lipinski definition) is 2. The monoisotopic (exact) mass is 192 g/mol. The maximum absolute atomic E-state index is 11.3. The molecule has 0 saturated carbocycles. The minimum absolute atomic E-state index is 0.308. The standard InChI is InChI=1S/C9H8N2O3/c1-4-2-3-5-7(10-4)6(9(13)14)8(12)11-5/h2-3,6H,1H3,(H,11,12)(H,13,14)/t6-/m1/s1. The Hall–Kier alpha value is -1.91. The van der Waals surface area contributed by atoms with Crippen molar-refractivity contribution >= 4 is 17.6 Å². The Balaban J connectivity index is 2.55. The number of aromatic nitrogens is 1. The lowest BCUT2D eigenvalue weighted by Gasteiger charge is -2.01. The van der Waals surface area contributed by atoms with E-state index in [0.717, 1.165) is 0 Å². The van der Waals surface area contributed by atoms with Crippen LogP contribution in [0.2, 0.25) is 0 Å². The Labute approximate surface area is 79.8 Å². The van der Waals surface area contributed by atoms with Crippen molar-refractivity contribution in [2.45, 2.75) is 12.8 Å². The molecule has 1 atom stereocenters. The molecule has 0 bridgehead atoms. The molecule has 0 unspecified atom stereocenters. The van der Waals surface area contributed by atoms with Crippen molar-refractivity contribution in [1.29, 1.82) is 0 Å². The van der Waals surface area contributed by atoms with Crippen molar-refractivity contribution < 1.29 is 14.7 Å². The highest BCUT2D eigenvalue weighted by atomic mass is 16.4. The second kappa shape index (κ2) is 2.80. The highest BCUT2D eigenvalue weighted by molar-refractivity contribution is 6.13. The average molecular weight is 192 g/mol. The molecular formula is C9H8N2O3. The van der Waals surface area contributed by atoms with Crippen LogP contribution >= 0.6 is 0 Å². The summed E-state index contributed by atoms with van der Waals surface area (Å²) < 4.78 is 0. The second-order valence-electron chi connectivity index (χ2n) is 3.15. The molecule has 2 N–H and O–H groups in total. The summed E-state index contributed by atoms with van der Waals surface area (Å²) in [5.74, 6) is -2.85. The zero-order valence-electron chi connectivity index (χ0n) is 7.44. The lowest BCUT2D eigenvalue weighted by Crippen LogP contribution is -2.20. The lowest BCUT2D eigenvalue weighted by molar-refractivity contribution is -0.141. The third kappa shape index (κ3) is 1.14. The van der Waals surface area contributed by atoms with Gasteiger partial charge >= 0.3 is 5.97 Å². The first-order chi connectivity index (χ1) is 6.59. The minimum Gasteiger partial charge on any atom is -0.480 e. The Morgan fingerprint density at radius 3 is 2.93 bits per heavy atom.